The molecule has 20 heavy (non-hydrogen) atoms. The van der Waals surface area contributed by atoms with E-state index in [1.54, 1.807) is 6.92 Å². The van der Waals surface area contributed by atoms with Crippen LogP contribution in [0.5, 0.6) is 0 Å². The number of carboxylic acid groups (broad SMARTS) is 1. The van der Waals surface area contributed by atoms with Crippen molar-refractivity contribution in [3.8, 4) is 0 Å². The van der Waals surface area contributed by atoms with Crippen molar-refractivity contribution in [2.75, 3.05) is 11.9 Å². The van der Waals surface area contributed by atoms with Gasteiger partial charge in [-0.3, -0.25) is 5.32 Å². The lowest BCUT2D eigenvalue weighted by atomic mass is 9.76. The lowest BCUT2D eigenvalue weighted by molar-refractivity contribution is -0.148. The minimum Gasteiger partial charge on any atom is -0.480 e. The van der Waals surface area contributed by atoms with Crippen LogP contribution in [0.4, 0.5) is 9.93 Å². The van der Waals surface area contributed by atoms with Gasteiger partial charge in [0.05, 0.1) is 0 Å². The van der Waals surface area contributed by atoms with Crippen molar-refractivity contribution in [3.05, 3.63) is 5.82 Å². The predicted molar refractivity (Wildman–Crippen MR) is 74.8 cm³/mol. The van der Waals surface area contributed by atoms with Gasteiger partial charge in [0.15, 0.2) is 0 Å². The number of anilines is 1. The van der Waals surface area contributed by atoms with Gasteiger partial charge in [-0.2, -0.15) is 4.37 Å². The highest BCUT2D eigenvalue weighted by molar-refractivity contribution is 7.09. The summed E-state index contributed by atoms with van der Waals surface area (Å²) in [7, 11) is 0. The molecule has 1 saturated heterocycles. The maximum Gasteiger partial charge on any atom is 0.327 e. The normalized spacial score (nSPS) is 21.6. The number of piperidine rings is 1. The number of aromatic nitrogens is 2. The van der Waals surface area contributed by atoms with E-state index in [1.165, 1.54) is 4.90 Å². The van der Waals surface area contributed by atoms with E-state index in [2.05, 4.69) is 14.7 Å². The zero-order valence-corrected chi connectivity index (χ0v) is 12.5. The van der Waals surface area contributed by atoms with Crippen LogP contribution in [0.2, 0.25) is 0 Å². The topological polar surface area (TPSA) is 95.4 Å². The van der Waals surface area contributed by atoms with E-state index < -0.39 is 23.5 Å². The molecular formula is C12H18N4O3S. The third-order valence-corrected chi connectivity index (χ3v) is 4.23. The van der Waals surface area contributed by atoms with E-state index in [1.807, 2.05) is 13.8 Å². The van der Waals surface area contributed by atoms with E-state index in [-0.39, 0.29) is 0 Å². The van der Waals surface area contributed by atoms with Crippen LogP contribution in [0.1, 0.15) is 32.5 Å². The fraction of sp³-hybridized carbons (Fsp3) is 0.667. The summed E-state index contributed by atoms with van der Waals surface area (Å²) in [6, 6.07) is -1.26. The Labute approximate surface area is 121 Å². The molecule has 0 saturated carbocycles. The first-order chi connectivity index (χ1) is 9.31. The first kappa shape index (κ1) is 14.7. The Kier molecular flexibility index (Phi) is 3.94. The minimum absolute atomic E-state index is 0.389. The molecule has 2 N–H and O–H groups in total. The molecule has 0 radical (unpaired) electrons. The van der Waals surface area contributed by atoms with Gasteiger partial charge in [0.25, 0.3) is 0 Å². The monoisotopic (exact) mass is 298 g/mol. The molecule has 8 heteroatoms. The summed E-state index contributed by atoms with van der Waals surface area (Å²) in [5, 5.41) is 12.4. The highest BCUT2D eigenvalue weighted by Gasteiger charge is 2.44. The lowest BCUT2D eigenvalue weighted by Gasteiger charge is -2.43. The fourth-order valence-electron chi connectivity index (χ4n) is 2.59. The number of likely N-dealkylation sites (tertiary alicyclic amines) is 1. The number of amides is 2. The second-order valence-corrected chi connectivity index (χ2v) is 6.36. The molecule has 2 amide bonds. The Bertz CT molecular complexity index is 529. The summed E-state index contributed by atoms with van der Waals surface area (Å²) in [5.74, 6) is -0.391. The molecule has 7 nitrogen and oxygen atoms in total. The van der Waals surface area contributed by atoms with Crippen molar-refractivity contribution in [2.24, 2.45) is 5.41 Å². The molecule has 0 aromatic carbocycles. The van der Waals surface area contributed by atoms with Gasteiger partial charge in [0.1, 0.15) is 11.9 Å². The van der Waals surface area contributed by atoms with Crippen LogP contribution in [0.3, 0.4) is 0 Å². The quantitative estimate of drug-likeness (QED) is 0.870. The molecule has 1 aliphatic heterocycles. The third kappa shape index (κ3) is 2.90. The van der Waals surface area contributed by atoms with Crippen molar-refractivity contribution < 1.29 is 14.7 Å². The Morgan fingerprint density at radius 2 is 2.20 bits per heavy atom. The lowest BCUT2D eigenvalue weighted by Crippen LogP contribution is -2.57. The summed E-state index contributed by atoms with van der Waals surface area (Å²) >= 11 is 1.08. The van der Waals surface area contributed by atoms with Gasteiger partial charge >= 0.3 is 12.0 Å². The number of aliphatic carboxylic acids is 1. The number of carbonyl (C=O) groups excluding carboxylic acids is 1. The molecular weight excluding hydrogens is 280 g/mol. The molecule has 2 heterocycles. The molecule has 0 spiro atoms. The Hall–Kier alpha value is -1.70. The fourth-order valence-corrected chi connectivity index (χ4v) is 3.16. The maximum atomic E-state index is 12.3. The average Bonchev–Trinajstić information content (AvgIpc) is 2.72. The summed E-state index contributed by atoms with van der Waals surface area (Å²) < 4.78 is 3.98. The van der Waals surface area contributed by atoms with Crippen molar-refractivity contribution in [3.63, 3.8) is 0 Å². The highest BCUT2D eigenvalue weighted by atomic mass is 32.1. The summed E-state index contributed by atoms with van der Waals surface area (Å²) in [6.07, 6.45) is 1.57. The Morgan fingerprint density at radius 3 is 2.75 bits per heavy atom. The molecule has 1 atom stereocenters. The van der Waals surface area contributed by atoms with E-state index in [4.69, 9.17) is 0 Å². The van der Waals surface area contributed by atoms with Gasteiger partial charge in [-0.15, -0.1) is 0 Å². The first-order valence-electron chi connectivity index (χ1n) is 6.42. The standard InChI is InChI=1S/C12H18N4O3S/c1-7-13-10(20-15-7)14-11(19)16-6-4-5-12(2,3)8(16)9(17)18/h8H,4-6H2,1-3H3,(H,17,18)(H,13,14,15,19). The van der Waals surface area contributed by atoms with Crippen LogP contribution < -0.4 is 5.32 Å². The SMILES string of the molecule is Cc1nsc(NC(=O)N2CCCC(C)(C)C2C(=O)O)n1. The van der Waals surface area contributed by atoms with Crippen LogP contribution in [0.15, 0.2) is 0 Å². The second-order valence-electron chi connectivity index (χ2n) is 5.60. The van der Waals surface area contributed by atoms with Crippen LogP contribution in [0.25, 0.3) is 0 Å². The van der Waals surface area contributed by atoms with Crippen molar-refractivity contribution >= 4 is 28.7 Å². The Balaban J connectivity index is 2.16. The van der Waals surface area contributed by atoms with E-state index in [0.29, 0.717) is 17.5 Å². The molecule has 1 aromatic heterocycles. The number of nitrogens with zero attached hydrogens (tertiary/aromatic N) is 3. The summed E-state index contributed by atoms with van der Waals surface area (Å²) in [6.45, 7) is 5.92. The van der Waals surface area contributed by atoms with Crippen LogP contribution in [-0.4, -0.2) is 44.0 Å². The van der Waals surface area contributed by atoms with Gasteiger partial charge < -0.3 is 10.0 Å². The maximum absolute atomic E-state index is 12.3. The molecule has 1 aromatic rings. The summed E-state index contributed by atoms with van der Waals surface area (Å²) in [5.41, 5.74) is -0.446. The predicted octanol–water partition coefficient (Wildman–Crippen LogP) is 1.95. The van der Waals surface area contributed by atoms with E-state index in [0.717, 1.165) is 24.4 Å². The van der Waals surface area contributed by atoms with Crippen LogP contribution >= 0.6 is 11.5 Å². The number of hydrogen-bond donors (Lipinski definition) is 2. The number of nitrogens with one attached hydrogen (secondary N) is 1. The van der Waals surface area contributed by atoms with Crippen molar-refractivity contribution in [2.45, 2.75) is 39.7 Å². The second kappa shape index (κ2) is 5.35. The minimum atomic E-state index is -0.974. The summed E-state index contributed by atoms with van der Waals surface area (Å²) in [4.78, 5) is 29.2. The number of aryl methyl sites for hydroxylation is 1. The van der Waals surface area contributed by atoms with Crippen LogP contribution in [0, 0.1) is 12.3 Å². The number of hydrogen-bond acceptors (Lipinski definition) is 5. The Morgan fingerprint density at radius 1 is 1.50 bits per heavy atom. The van der Waals surface area contributed by atoms with Crippen molar-refractivity contribution in [1.82, 2.24) is 14.3 Å². The average molecular weight is 298 g/mol. The zero-order chi connectivity index (χ0) is 14.9. The largest absolute Gasteiger partial charge is 0.480 e. The van der Waals surface area contributed by atoms with Crippen molar-refractivity contribution in [1.29, 1.82) is 0 Å². The van der Waals surface area contributed by atoms with Gasteiger partial charge in [-0.25, -0.2) is 14.6 Å². The number of carbonyl (C=O) groups is 2. The zero-order valence-electron chi connectivity index (χ0n) is 11.7. The van der Waals surface area contributed by atoms with Gasteiger partial charge in [-0.1, -0.05) is 13.8 Å². The first-order valence-corrected chi connectivity index (χ1v) is 7.19. The smallest absolute Gasteiger partial charge is 0.327 e. The number of urea groups is 1. The molecule has 1 unspecified atom stereocenters. The number of carboxylic acids is 1. The van der Waals surface area contributed by atoms with Crippen LogP contribution in [-0.2, 0) is 4.79 Å². The number of rotatable bonds is 2. The molecule has 0 aliphatic carbocycles. The molecule has 110 valence electrons. The van der Waals surface area contributed by atoms with E-state index in [9.17, 15) is 14.7 Å². The molecule has 2 rings (SSSR count). The molecule has 1 aliphatic rings. The molecule has 0 bridgehead atoms. The van der Waals surface area contributed by atoms with Gasteiger partial charge in [0.2, 0.25) is 5.13 Å². The van der Waals surface area contributed by atoms with E-state index >= 15 is 0 Å². The molecule has 1 fully saturated rings. The third-order valence-electron chi connectivity index (χ3n) is 3.51. The highest BCUT2D eigenvalue weighted by Crippen LogP contribution is 2.35. The van der Waals surface area contributed by atoms with Gasteiger partial charge in [0, 0.05) is 18.1 Å². The van der Waals surface area contributed by atoms with Gasteiger partial charge in [-0.05, 0) is 25.2 Å².